The van der Waals surface area contributed by atoms with E-state index in [0.29, 0.717) is 17.8 Å². The third-order valence-corrected chi connectivity index (χ3v) is 4.79. The lowest BCUT2D eigenvalue weighted by atomic mass is 10.3. The van der Waals surface area contributed by atoms with Crippen LogP contribution in [0, 0.1) is 0 Å². The number of carbonyl (C=O) groups excluding carboxylic acids is 2. The van der Waals surface area contributed by atoms with Crippen LogP contribution < -0.4 is 16.2 Å². The monoisotopic (exact) mass is 407 g/mol. The van der Waals surface area contributed by atoms with Crippen LogP contribution >= 0.6 is 27.3 Å². The van der Waals surface area contributed by atoms with E-state index in [0.717, 1.165) is 15.1 Å². The molecule has 0 atom stereocenters. The van der Waals surface area contributed by atoms with Crippen LogP contribution in [0.3, 0.4) is 0 Å². The molecule has 3 aromatic heterocycles. The fourth-order valence-corrected chi connectivity index (χ4v) is 3.35. The second-order valence-corrected chi connectivity index (χ2v) is 7.35. The van der Waals surface area contributed by atoms with Gasteiger partial charge in [-0.15, -0.1) is 11.3 Å². The Morgan fingerprint density at radius 3 is 2.83 bits per heavy atom. The number of nitrogens with zero attached hydrogens (tertiary/aromatic N) is 2. The van der Waals surface area contributed by atoms with Gasteiger partial charge in [0.25, 0.3) is 5.91 Å². The Bertz CT molecular complexity index is 843. The van der Waals surface area contributed by atoms with Gasteiger partial charge in [-0.1, -0.05) is 6.07 Å². The van der Waals surface area contributed by atoms with Gasteiger partial charge in [0.2, 0.25) is 0 Å². The van der Waals surface area contributed by atoms with Gasteiger partial charge in [-0.05, 0) is 40.2 Å². The Balaban J connectivity index is 1.41. The number of hydrogen-bond donors (Lipinski definition) is 3. The Morgan fingerprint density at radius 1 is 1.21 bits per heavy atom. The van der Waals surface area contributed by atoms with Gasteiger partial charge in [-0.3, -0.25) is 10.2 Å². The number of carbonyl (C=O) groups is 2. The maximum absolute atomic E-state index is 11.8. The van der Waals surface area contributed by atoms with Gasteiger partial charge in [-0.25, -0.2) is 15.2 Å². The molecule has 124 valence electrons. The number of urea groups is 1. The number of hydrogen-bond acceptors (Lipinski definition) is 4. The Kier molecular flexibility index (Phi) is 5.11. The SMILES string of the molecule is O=C(NCCc1cn2ccccc2n1)NNC(=O)c1ccc(Br)s1. The second kappa shape index (κ2) is 7.45. The number of rotatable bonds is 4. The van der Waals surface area contributed by atoms with E-state index in [1.54, 1.807) is 12.1 Å². The third-order valence-electron chi connectivity index (χ3n) is 3.17. The van der Waals surface area contributed by atoms with Gasteiger partial charge in [0.05, 0.1) is 14.4 Å². The Morgan fingerprint density at radius 2 is 2.08 bits per heavy atom. The van der Waals surface area contributed by atoms with E-state index < -0.39 is 6.03 Å². The smallest absolute Gasteiger partial charge is 0.333 e. The van der Waals surface area contributed by atoms with Gasteiger partial charge >= 0.3 is 6.03 Å². The molecule has 0 bridgehead atoms. The van der Waals surface area contributed by atoms with Crippen molar-refractivity contribution >= 4 is 44.9 Å². The molecule has 3 heterocycles. The molecule has 24 heavy (non-hydrogen) atoms. The van der Waals surface area contributed by atoms with E-state index >= 15 is 0 Å². The predicted octanol–water partition coefficient (Wildman–Crippen LogP) is 2.35. The first-order valence-corrected chi connectivity index (χ1v) is 8.75. The van der Waals surface area contributed by atoms with Gasteiger partial charge in [0, 0.05) is 25.4 Å². The van der Waals surface area contributed by atoms with Crippen LogP contribution in [0.25, 0.3) is 5.65 Å². The summed E-state index contributed by atoms with van der Waals surface area (Å²) in [4.78, 5) is 28.4. The molecule has 0 aliphatic heterocycles. The fraction of sp³-hybridized carbons (Fsp3) is 0.133. The molecule has 7 nitrogen and oxygen atoms in total. The van der Waals surface area contributed by atoms with Crippen molar-refractivity contribution < 1.29 is 9.59 Å². The molecule has 9 heteroatoms. The summed E-state index contributed by atoms with van der Waals surface area (Å²) < 4.78 is 2.78. The number of amides is 3. The lowest BCUT2D eigenvalue weighted by Crippen LogP contribution is -2.47. The molecule has 0 aromatic carbocycles. The molecule has 0 aliphatic carbocycles. The van der Waals surface area contributed by atoms with Crippen molar-refractivity contribution in [3.63, 3.8) is 0 Å². The van der Waals surface area contributed by atoms with E-state index in [9.17, 15) is 9.59 Å². The Hall–Kier alpha value is -2.39. The van der Waals surface area contributed by atoms with E-state index in [-0.39, 0.29) is 5.91 Å². The summed E-state index contributed by atoms with van der Waals surface area (Å²) in [5.74, 6) is -0.360. The van der Waals surface area contributed by atoms with E-state index in [4.69, 9.17) is 0 Å². The molecule has 0 spiro atoms. The fourth-order valence-electron chi connectivity index (χ4n) is 2.07. The van der Waals surface area contributed by atoms with Gasteiger partial charge in [0.15, 0.2) is 0 Å². The van der Waals surface area contributed by atoms with Gasteiger partial charge in [0.1, 0.15) is 5.65 Å². The maximum Gasteiger partial charge on any atom is 0.333 e. The van der Waals surface area contributed by atoms with Crippen LogP contribution in [0.15, 0.2) is 46.5 Å². The quantitative estimate of drug-likeness (QED) is 0.580. The molecule has 0 aliphatic rings. The zero-order chi connectivity index (χ0) is 16.9. The number of nitrogens with one attached hydrogen (secondary N) is 3. The lowest BCUT2D eigenvalue weighted by Gasteiger charge is -2.07. The maximum atomic E-state index is 11.8. The molecule has 3 rings (SSSR count). The van der Waals surface area contributed by atoms with Crippen LogP contribution in [0.4, 0.5) is 4.79 Å². The van der Waals surface area contributed by atoms with Crippen molar-refractivity contribution in [2.45, 2.75) is 6.42 Å². The van der Waals surface area contributed by atoms with Crippen molar-refractivity contribution in [2.75, 3.05) is 6.54 Å². The number of fused-ring (bicyclic) bond motifs is 1. The third kappa shape index (κ3) is 4.12. The summed E-state index contributed by atoms with van der Waals surface area (Å²) in [5, 5.41) is 2.67. The largest absolute Gasteiger partial charge is 0.336 e. The highest BCUT2D eigenvalue weighted by Gasteiger charge is 2.09. The number of aromatic nitrogens is 2. The van der Waals surface area contributed by atoms with Gasteiger partial charge in [-0.2, -0.15) is 0 Å². The van der Waals surface area contributed by atoms with Crippen molar-refractivity contribution in [3.05, 3.63) is 57.1 Å². The zero-order valence-corrected chi connectivity index (χ0v) is 14.9. The lowest BCUT2D eigenvalue weighted by molar-refractivity contribution is 0.0940. The summed E-state index contributed by atoms with van der Waals surface area (Å²) >= 11 is 4.57. The number of pyridine rings is 1. The molecule has 0 saturated carbocycles. The standard InChI is InChI=1S/C15H14BrN5O2S/c16-12-5-4-11(24-12)14(22)19-20-15(23)17-7-6-10-9-21-8-2-1-3-13(21)18-10/h1-5,8-9H,6-7H2,(H,19,22)(H2,17,20,23). The summed E-state index contributed by atoms with van der Waals surface area (Å²) in [6.45, 7) is 0.413. The number of imidazole rings is 1. The van der Waals surface area contributed by atoms with Crippen LogP contribution in [-0.2, 0) is 6.42 Å². The number of thiophene rings is 1. The highest BCUT2D eigenvalue weighted by molar-refractivity contribution is 9.11. The molecule has 0 radical (unpaired) electrons. The van der Waals surface area contributed by atoms with E-state index in [2.05, 4.69) is 37.1 Å². The summed E-state index contributed by atoms with van der Waals surface area (Å²) in [7, 11) is 0. The van der Waals surface area contributed by atoms with Crippen molar-refractivity contribution in [3.8, 4) is 0 Å². The average Bonchev–Trinajstić information content (AvgIpc) is 3.18. The molecule has 0 unspecified atom stereocenters. The first-order chi connectivity index (χ1) is 11.6. The minimum absolute atomic E-state index is 0.360. The zero-order valence-electron chi connectivity index (χ0n) is 12.5. The van der Waals surface area contributed by atoms with E-state index in [1.807, 2.05) is 35.0 Å². The normalized spacial score (nSPS) is 10.5. The first-order valence-electron chi connectivity index (χ1n) is 7.14. The Labute approximate surface area is 150 Å². The van der Waals surface area contributed by atoms with Crippen LogP contribution in [0.1, 0.15) is 15.4 Å². The minimum atomic E-state index is -0.470. The van der Waals surface area contributed by atoms with Crippen molar-refractivity contribution in [1.82, 2.24) is 25.6 Å². The predicted molar refractivity (Wildman–Crippen MR) is 94.9 cm³/mol. The van der Waals surface area contributed by atoms with Crippen LogP contribution in [0.2, 0.25) is 0 Å². The molecule has 3 amide bonds. The van der Waals surface area contributed by atoms with Crippen molar-refractivity contribution in [1.29, 1.82) is 0 Å². The second-order valence-electron chi connectivity index (χ2n) is 4.89. The van der Waals surface area contributed by atoms with Crippen molar-refractivity contribution in [2.24, 2.45) is 0 Å². The topological polar surface area (TPSA) is 87.5 Å². The summed E-state index contributed by atoms with van der Waals surface area (Å²) in [6, 6.07) is 8.75. The summed E-state index contributed by atoms with van der Waals surface area (Å²) in [5.41, 5.74) is 6.42. The molecule has 3 N–H and O–H groups in total. The molecule has 3 aromatic rings. The molecule has 0 saturated heterocycles. The molecule has 0 fully saturated rings. The highest BCUT2D eigenvalue weighted by atomic mass is 79.9. The molecular weight excluding hydrogens is 394 g/mol. The number of halogens is 1. The van der Waals surface area contributed by atoms with E-state index in [1.165, 1.54) is 11.3 Å². The first kappa shape index (κ1) is 16.5. The molecular formula is C15H14BrN5O2S. The highest BCUT2D eigenvalue weighted by Crippen LogP contribution is 2.21. The number of hydrazine groups is 1. The van der Waals surface area contributed by atoms with Gasteiger partial charge < -0.3 is 9.72 Å². The average molecular weight is 408 g/mol. The minimum Gasteiger partial charge on any atom is -0.336 e. The van der Waals surface area contributed by atoms with Crippen LogP contribution in [0.5, 0.6) is 0 Å². The summed E-state index contributed by atoms with van der Waals surface area (Å²) in [6.07, 6.45) is 4.44. The van der Waals surface area contributed by atoms with Crippen LogP contribution in [-0.4, -0.2) is 27.9 Å².